The van der Waals surface area contributed by atoms with Crippen molar-refractivity contribution in [1.82, 2.24) is 14.8 Å². The van der Waals surface area contributed by atoms with Crippen molar-refractivity contribution in [3.8, 4) is 28.4 Å². The Morgan fingerprint density at radius 3 is 2.37 bits per heavy atom. The molecule has 0 N–H and O–H groups in total. The van der Waals surface area contributed by atoms with E-state index in [0.717, 1.165) is 50.2 Å². The number of benzene rings is 3. The number of hydrogen-bond donors (Lipinski definition) is 0. The van der Waals surface area contributed by atoms with Crippen molar-refractivity contribution in [3.05, 3.63) is 79.0 Å². The molecule has 0 fully saturated rings. The Bertz CT molecular complexity index is 1330. The summed E-state index contributed by atoms with van der Waals surface area (Å²) in [6.07, 6.45) is 1.91. The molecule has 0 aliphatic heterocycles. The standard InChI is InChI=1S/C25H21N3O2/c1-3-30-20-13-14-23-21(15-20)25-22(16-26-23)24(17-7-5-4-6-8-17)27-28(25)18-9-11-19(29-2)12-10-18/h4-16H,3H2,1-2H3. The van der Waals surface area contributed by atoms with E-state index in [0.29, 0.717) is 6.61 Å². The fourth-order valence-electron chi connectivity index (χ4n) is 3.74. The summed E-state index contributed by atoms with van der Waals surface area (Å²) in [6.45, 7) is 2.60. The monoisotopic (exact) mass is 395 g/mol. The zero-order valence-corrected chi connectivity index (χ0v) is 16.9. The Balaban J connectivity index is 1.84. The largest absolute Gasteiger partial charge is 0.497 e. The molecule has 0 aliphatic rings. The average Bonchev–Trinajstić information content (AvgIpc) is 3.20. The molecular formula is C25H21N3O2. The molecule has 0 aliphatic carbocycles. The number of hydrogen-bond acceptors (Lipinski definition) is 4. The van der Waals surface area contributed by atoms with Gasteiger partial charge in [-0.3, -0.25) is 4.98 Å². The molecule has 0 atom stereocenters. The fourth-order valence-corrected chi connectivity index (χ4v) is 3.74. The molecule has 5 aromatic rings. The first kappa shape index (κ1) is 18.2. The van der Waals surface area contributed by atoms with Gasteiger partial charge in [0.05, 0.1) is 30.4 Å². The van der Waals surface area contributed by atoms with Crippen molar-refractivity contribution < 1.29 is 9.47 Å². The summed E-state index contributed by atoms with van der Waals surface area (Å²) >= 11 is 0. The maximum atomic E-state index is 5.76. The SMILES string of the molecule is CCOc1ccc2ncc3c(-c4ccccc4)nn(-c4ccc(OC)cc4)c3c2c1. The second kappa shape index (κ2) is 7.52. The number of rotatable bonds is 5. The van der Waals surface area contributed by atoms with E-state index in [-0.39, 0.29) is 0 Å². The fraction of sp³-hybridized carbons (Fsp3) is 0.120. The normalized spacial score (nSPS) is 11.1. The molecule has 0 amide bonds. The topological polar surface area (TPSA) is 49.2 Å². The highest BCUT2D eigenvalue weighted by Crippen LogP contribution is 2.35. The van der Waals surface area contributed by atoms with Crippen LogP contribution in [0.25, 0.3) is 38.8 Å². The second-order valence-electron chi connectivity index (χ2n) is 6.96. The summed E-state index contributed by atoms with van der Waals surface area (Å²) in [5, 5.41) is 7.01. The third-order valence-corrected chi connectivity index (χ3v) is 5.15. The van der Waals surface area contributed by atoms with E-state index < -0.39 is 0 Å². The summed E-state index contributed by atoms with van der Waals surface area (Å²) in [7, 11) is 1.67. The van der Waals surface area contributed by atoms with Gasteiger partial charge in [-0.1, -0.05) is 30.3 Å². The Labute approximate surface area is 174 Å². The van der Waals surface area contributed by atoms with Crippen LogP contribution >= 0.6 is 0 Å². The van der Waals surface area contributed by atoms with Crippen molar-refractivity contribution >= 4 is 21.8 Å². The first-order chi connectivity index (χ1) is 14.8. The Morgan fingerprint density at radius 1 is 0.867 bits per heavy atom. The molecule has 5 heteroatoms. The molecule has 148 valence electrons. The smallest absolute Gasteiger partial charge is 0.120 e. The number of fused-ring (bicyclic) bond motifs is 3. The maximum Gasteiger partial charge on any atom is 0.120 e. The molecule has 0 radical (unpaired) electrons. The highest BCUT2D eigenvalue weighted by Gasteiger charge is 2.17. The van der Waals surface area contributed by atoms with Gasteiger partial charge in [-0.15, -0.1) is 0 Å². The summed E-state index contributed by atoms with van der Waals surface area (Å²) in [6, 6.07) is 24.1. The van der Waals surface area contributed by atoms with Crippen LogP contribution in [-0.2, 0) is 0 Å². The van der Waals surface area contributed by atoms with Crippen molar-refractivity contribution in [3.63, 3.8) is 0 Å². The zero-order chi connectivity index (χ0) is 20.5. The molecule has 0 saturated heterocycles. The van der Waals surface area contributed by atoms with Crippen molar-refractivity contribution in [2.45, 2.75) is 6.92 Å². The Hall–Kier alpha value is -3.86. The van der Waals surface area contributed by atoms with Gasteiger partial charge < -0.3 is 9.47 Å². The number of ether oxygens (including phenoxy) is 2. The molecule has 0 saturated carbocycles. The van der Waals surface area contributed by atoms with Crippen LogP contribution in [0.4, 0.5) is 0 Å². The van der Waals surface area contributed by atoms with Gasteiger partial charge in [0.2, 0.25) is 0 Å². The van der Waals surface area contributed by atoms with Crippen LogP contribution < -0.4 is 9.47 Å². The molecule has 5 nitrogen and oxygen atoms in total. The number of pyridine rings is 1. The van der Waals surface area contributed by atoms with Gasteiger partial charge in [0.25, 0.3) is 0 Å². The van der Waals surface area contributed by atoms with Crippen LogP contribution in [-0.4, -0.2) is 28.5 Å². The first-order valence-corrected chi connectivity index (χ1v) is 9.92. The van der Waals surface area contributed by atoms with E-state index in [2.05, 4.69) is 12.1 Å². The van der Waals surface area contributed by atoms with Gasteiger partial charge in [-0.05, 0) is 49.4 Å². The lowest BCUT2D eigenvalue weighted by molar-refractivity contribution is 0.341. The lowest BCUT2D eigenvalue weighted by atomic mass is 10.1. The van der Waals surface area contributed by atoms with E-state index in [9.17, 15) is 0 Å². The maximum absolute atomic E-state index is 5.76. The quantitative estimate of drug-likeness (QED) is 0.386. The van der Waals surface area contributed by atoms with E-state index >= 15 is 0 Å². The molecule has 0 unspecified atom stereocenters. The molecule has 3 aromatic carbocycles. The van der Waals surface area contributed by atoms with E-state index in [1.54, 1.807) is 7.11 Å². The van der Waals surface area contributed by atoms with E-state index in [4.69, 9.17) is 19.6 Å². The zero-order valence-electron chi connectivity index (χ0n) is 16.9. The van der Waals surface area contributed by atoms with Gasteiger partial charge in [0, 0.05) is 22.5 Å². The molecule has 5 rings (SSSR count). The van der Waals surface area contributed by atoms with Gasteiger partial charge >= 0.3 is 0 Å². The van der Waals surface area contributed by atoms with Crippen LogP contribution in [0.15, 0.2) is 79.0 Å². The summed E-state index contributed by atoms with van der Waals surface area (Å²) < 4.78 is 13.1. The summed E-state index contributed by atoms with van der Waals surface area (Å²) in [5.74, 6) is 1.63. The minimum Gasteiger partial charge on any atom is -0.497 e. The number of aromatic nitrogens is 3. The average molecular weight is 395 g/mol. The molecule has 0 bridgehead atoms. The highest BCUT2D eigenvalue weighted by atomic mass is 16.5. The van der Waals surface area contributed by atoms with Crippen LogP contribution in [0.2, 0.25) is 0 Å². The minimum absolute atomic E-state index is 0.613. The molecular weight excluding hydrogens is 374 g/mol. The van der Waals surface area contributed by atoms with Gasteiger partial charge in [-0.25, -0.2) is 4.68 Å². The summed E-state index contributed by atoms with van der Waals surface area (Å²) in [5.41, 5.74) is 4.82. The molecule has 2 heterocycles. The van der Waals surface area contributed by atoms with Gasteiger partial charge in [0.1, 0.15) is 17.2 Å². The van der Waals surface area contributed by atoms with Crippen LogP contribution in [0.1, 0.15) is 6.92 Å². The summed E-state index contributed by atoms with van der Waals surface area (Å²) in [4.78, 5) is 4.70. The second-order valence-corrected chi connectivity index (χ2v) is 6.96. The number of methoxy groups -OCH3 is 1. The lowest BCUT2D eigenvalue weighted by Gasteiger charge is -2.09. The Kier molecular flexibility index (Phi) is 4.56. The van der Waals surface area contributed by atoms with Crippen molar-refractivity contribution in [2.75, 3.05) is 13.7 Å². The van der Waals surface area contributed by atoms with Crippen molar-refractivity contribution in [1.29, 1.82) is 0 Å². The highest BCUT2D eigenvalue weighted by molar-refractivity contribution is 6.09. The minimum atomic E-state index is 0.613. The van der Waals surface area contributed by atoms with Crippen LogP contribution in [0.5, 0.6) is 11.5 Å². The lowest BCUT2D eigenvalue weighted by Crippen LogP contribution is -1.98. The first-order valence-electron chi connectivity index (χ1n) is 9.92. The molecule has 30 heavy (non-hydrogen) atoms. The van der Waals surface area contributed by atoms with E-state index in [1.807, 2.05) is 78.5 Å². The van der Waals surface area contributed by atoms with Crippen molar-refractivity contribution in [2.24, 2.45) is 0 Å². The van der Waals surface area contributed by atoms with E-state index in [1.165, 1.54) is 0 Å². The van der Waals surface area contributed by atoms with Gasteiger partial charge in [0.15, 0.2) is 0 Å². The Morgan fingerprint density at radius 2 is 1.63 bits per heavy atom. The predicted molar refractivity (Wildman–Crippen MR) is 120 cm³/mol. The van der Waals surface area contributed by atoms with Gasteiger partial charge in [-0.2, -0.15) is 5.10 Å². The third kappa shape index (κ3) is 3.05. The molecule has 0 spiro atoms. The molecule has 2 aromatic heterocycles. The third-order valence-electron chi connectivity index (χ3n) is 5.15. The van der Waals surface area contributed by atoms with Crippen LogP contribution in [0, 0.1) is 0 Å². The van der Waals surface area contributed by atoms with Crippen LogP contribution in [0.3, 0.4) is 0 Å². The number of nitrogens with zero attached hydrogens (tertiary/aromatic N) is 3. The predicted octanol–water partition coefficient (Wildman–Crippen LogP) is 5.65.